The van der Waals surface area contributed by atoms with Crippen LogP contribution in [-0.4, -0.2) is 33.0 Å². The Morgan fingerprint density at radius 3 is 2.37 bits per heavy atom. The second-order valence-corrected chi connectivity index (χ2v) is 4.91. The van der Waals surface area contributed by atoms with Gasteiger partial charge in [0, 0.05) is 14.2 Å². The molecule has 0 saturated heterocycles. The van der Waals surface area contributed by atoms with Crippen LogP contribution in [0.25, 0.3) is 0 Å². The van der Waals surface area contributed by atoms with E-state index < -0.39 is 6.29 Å². The molecule has 0 heterocycles. The molecule has 104 valence electrons. The zero-order valence-electron chi connectivity index (χ0n) is 11.5. The van der Waals surface area contributed by atoms with Crippen molar-refractivity contribution < 1.29 is 14.3 Å². The van der Waals surface area contributed by atoms with Gasteiger partial charge in [-0.15, -0.1) is 0 Å². The van der Waals surface area contributed by atoms with E-state index in [0.29, 0.717) is 6.54 Å². The lowest BCUT2D eigenvalue weighted by Gasteiger charge is -2.41. The second kappa shape index (κ2) is 6.17. The van der Waals surface area contributed by atoms with E-state index in [0.717, 1.165) is 24.8 Å². The lowest BCUT2D eigenvalue weighted by Crippen LogP contribution is -2.51. The van der Waals surface area contributed by atoms with Gasteiger partial charge >= 0.3 is 0 Å². The maximum absolute atomic E-state index is 12.5. The van der Waals surface area contributed by atoms with Crippen LogP contribution in [0.5, 0.6) is 0 Å². The molecule has 0 bridgehead atoms. The van der Waals surface area contributed by atoms with Gasteiger partial charge in [0.25, 0.3) is 0 Å². The van der Waals surface area contributed by atoms with Crippen molar-refractivity contribution >= 4 is 5.91 Å². The van der Waals surface area contributed by atoms with Gasteiger partial charge in [-0.05, 0) is 18.4 Å². The minimum absolute atomic E-state index is 0.0732. The second-order valence-electron chi connectivity index (χ2n) is 4.91. The van der Waals surface area contributed by atoms with Crippen LogP contribution in [0.15, 0.2) is 30.3 Å². The standard InChI is InChI=1S/C15H21NO3/c1-18-13(19-2)11-16-14(17)15(9-6-10-15)12-7-4-3-5-8-12/h3-5,7-8,13H,6,9-11H2,1-2H3,(H,16,17). The maximum atomic E-state index is 12.5. The van der Waals surface area contributed by atoms with Gasteiger partial charge in [0.05, 0.1) is 12.0 Å². The highest BCUT2D eigenvalue weighted by molar-refractivity contribution is 5.89. The summed E-state index contributed by atoms with van der Waals surface area (Å²) in [5.74, 6) is 0.0732. The zero-order valence-corrected chi connectivity index (χ0v) is 11.5. The summed E-state index contributed by atoms with van der Waals surface area (Å²) in [5, 5.41) is 2.94. The molecule has 1 saturated carbocycles. The van der Waals surface area contributed by atoms with Crippen LogP contribution in [-0.2, 0) is 19.7 Å². The summed E-state index contributed by atoms with van der Waals surface area (Å²) >= 11 is 0. The summed E-state index contributed by atoms with van der Waals surface area (Å²) in [5.41, 5.74) is 0.748. The fraction of sp³-hybridized carbons (Fsp3) is 0.533. The summed E-state index contributed by atoms with van der Waals surface area (Å²) in [7, 11) is 3.13. The van der Waals surface area contributed by atoms with Gasteiger partial charge in [-0.1, -0.05) is 36.8 Å². The molecule has 1 aliphatic rings. The van der Waals surface area contributed by atoms with E-state index in [9.17, 15) is 4.79 Å². The van der Waals surface area contributed by atoms with E-state index in [1.807, 2.05) is 30.3 Å². The van der Waals surface area contributed by atoms with Gasteiger partial charge < -0.3 is 14.8 Å². The zero-order chi connectivity index (χ0) is 13.7. The molecule has 1 aromatic carbocycles. The van der Waals surface area contributed by atoms with Crippen molar-refractivity contribution in [1.82, 2.24) is 5.32 Å². The highest BCUT2D eigenvalue weighted by Crippen LogP contribution is 2.43. The van der Waals surface area contributed by atoms with Crippen LogP contribution in [0.2, 0.25) is 0 Å². The maximum Gasteiger partial charge on any atom is 0.230 e. The molecular weight excluding hydrogens is 242 g/mol. The van der Waals surface area contributed by atoms with Crippen LogP contribution in [0.1, 0.15) is 24.8 Å². The molecule has 2 rings (SSSR count). The number of amides is 1. The fourth-order valence-electron chi connectivity index (χ4n) is 2.54. The third kappa shape index (κ3) is 2.80. The average molecular weight is 263 g/mol. The topological polar surface area (TPSA) is 47.6 Å². The third-order valence-electron chi connectivity index (χ3n) is 3.92. The number of rotatable bonds is 6. The number of carbonyl (C=O) groups excluding carboxylic acids is 1. The Labute approximate surface area is 114 Å². The lowest BCUT2D eigenvalue weighted by atomic mass is 9.64. The summed E-state index contributed by atoms with van der Waals surface area (Å²) in [4.78, 5) is 12.5. The van der Waals surface area contributed by atoms with Gasteiger partial charge in [-0.3, -0.25) is 4.79 Å². The molecule has 0 unspecified atom stereocenters. The summed E-state index contributed by atoms with van der Waals surface area (Å²) in [6.07, 6.45) is 2.53. The smallest absolute Gasteiger partial charge is 0.230 e. The predicted octanol–water partition coefficient (Wildman–Crippen LogP) is 1.84. The van der Waals surface area contributed by atoms with E-state index in [1.165, 1.54) is 0 Å². The quantitative estimate of drug-likeness (QED) is 0.797. The Balaban J connectivity index is 2.04. The minimum Gasteiger partial charge on any atom is -0.354 e. The molecule has 0 atom stereocenters. The van der Waals surface area contributed by atoms with Gasteiger partial charge in [0.2, 0.25) is 5.91 Å². The first-order chi connectivity index (χ1) is 9.23. The van der Waals surface area contributed by atoms with Gasteiger partial charge in [0.15, 0.2) is 6.29 Å². The Morgan fingerprint density at radius 1 is 1.26 bits per heavy atom. The Hall–Kier alpha value is -1.39. The molecule has 1 N–H and O–H groups in total. The van der Waals surface area contributed by atoms with Crippen molar-refractivity contribution in [3.8, 4) is 0 Å². The molecule has 0 aliphatic heterocycles. The Bertz CT molecular complexity index is 411. The molecule has 19 heavy (non-hydrogen) atoms. The first-order valence-corrected chi connectivity index (χ1v) is 6.62. The fourth-order valence-corrected chi connectivity index (χ4v) is 2.54. The van der Waals surface area contributed by atoms with Crippen LogP contribution in [0, 0.1) is 0 Å². The van der Waals surface area contributed by atoms with Crippen molar-refractivity contribution in [3.63, 3.8) is 0 Å². The molecule has 1 aromatic rings. The van der Waals surface area contributed by atoms with Gasteiger partial charge in [-0.25, -0.2) is 0 Å². The molecule has 1 fully saturated rings. The first-order valence-electron chi connectivity index (χ1n) is 6.62. The van der Waals surface area contributed by atoms with Gasteiger partial charge in [0.1, 0.15) is 0 Å². The molecule has 4 nitrogen and oxygen atoms in total. The summed E-state index contributed by atoms with van der Waals surface area (Å²) < 4.78 is 10.2. The van der Waals surface area contributed by atoms with Crippen LogP contribution < -0.4 is 5.32 Å². The number of nitrogens with one attached hydrogen (secondary N) is 1. The molecule has 0 spiro atoms. The third-order valence-corrected chi connectivity index (χ3v) is 3.92. The number of methoxy groups -OCH3 is 2. The van der Waals surface area contributed by atoms with E-state index in [2.05, 4.69) is 5.32 Å². The average Bonchev–Trinajstić information content (AvgIpc) is 2.40. The van der Waals surface area contributed by atoms with Crippen molar-refractivity contribution in [2.45, 2.75) is 31.0 Å². The number of carbonyl (C=O) groups is 1. The van der Waals surface area contributed by atoms with Gasteiger partial charge in [-0.2, -0.15) is 0 Å². The van der Waals surface area contributed by atoms with Crippen LogP contribution >= 0.6 is 0 Å². The van der Waals surface area contributed by atoms with E-state index in [1.54, 1.807) is 14.2 Å². The minimum atomic E-state index is -0.392. The highest BCUT2D eigenvalue weighted by atomic mass is 16.7. The van der Waals surface area contributed by atoms with Crippen LogP contribution in [0.4, 0.5) is 0 Å². The predicted molar refractivity (Wildman–Crippen MR) is 72.8 cm³/mol. The van der Waals surface area contributed by atoms with Crippen molar-refractivity contribution in [3.05, 3.63) is 35.9 Å². The van der Waals surface area contributed by atoms with Crippen molar-refractivity contribution in [2.24, 2.45) is 0 Å². The molecule has 0 radical (unpaired) electrons. The number of hydrogen-bond donors (Lipinski definition) is 1. The molecule has 0 aromatic heterocycles. The normalized spacial score (nSPS) is 17.0. The van der Waals surface area contributed by atoms with Crippen molar-refractivity contribution in [2.75, 3.05) is 20.8 Å². The molecule has 1 amide bonds. The lowest BCUT2D eigenvalue weighted by molar-refractivity contribution is -0.135. The van der Waals surface area contributed by atoms with Crippen molar-refractivity contribution in [1.29, 1.82) is 0 Å². The van der Waals surface area contributed by atoms with E-state index in [-0.39, 0.29) is 11.3 Å². The molecule has 1 aliphatic carbocycles. The van der Waals surface area contributed by atoms with Crippen LogP contribution in [0.3, 0.4) is 0 Å². The monoisotopic (exact) mass is 263 g/mol. The summed E-state index contributed by atoms with van der Waals surface area (Å²) in [6.45, 7) is 0.375. The van der Waals surface area contributed by atoms with E-state index >= 15 is 0 Å². The molecule has 4 heteroatoms. The highest BCUT2D eigenvalue weighted by Gasteiger charge is 2.45. The molecular formula is C15H21NO3. The largest absolute Gasteiger partial charge is 0.354 e. The SMILES string of the molecule is COC(CNC(=O)C1(c2ccccc2)CCC1)OC. The number of benzene rings is 1. The number of hydrogen-bond acceptors (Lipinski definition) is 3. The first kappa shape index (κ1) is 14.0. The number of ether oxygens (including phenoxy) is 2. The summed E-state index contributed by atoms with van der Waals surface area (Å²) in [6, 6.07) is 10.00. The Kier molecular flexibility index (Phi) is 4.56. The Morgan fingerprint density at radius 2 is 1.89 bits per heavy atom. The van der Waals surface area contributed by atoms with E-state index in [4.69, 9.17) is 9.47 Å².